The number of hydrogen-bond donors (Lipinski definition) is 3. The zero-order chi connectivity index (χ0) is 15.1. The molecule has 2 amide bonds. The van der Waals surface area contributed by atoms with Crippen LogP contribution in [0.3, 0.4) is 0 Å². The lowest BCUT2D eigenvalue weighted by molar-refractivity contribution is 0.248. The molecule has 0 saturated heterocycles. The highest BCUT2D eigenvalue weighted by Gasteiger charge is 2.09. The number of anilines is 1. The molecule has 1 aromatic heterocycles. The van der Waals surface area contributed by atoms with E-state index < -0.39 is 0 Å². The summed E-state index contributed by atoms with van der Waals surface area (Å²) < 4.78 is 1.76. The van der Waals surface area contributed by atoms with Crippen LogP contribution in [0.15, 0.2) is 36.4 Å². The number of urea groups is 1. The van der Waals surface area contributed by atoms with Gasteiger partial charge in [-0.2, -0.15) is 5.10 Å². The highest BCUT2D eigenvalue weighted by Crippen LogP contribution is 2.12. The normalized spacial score (nSPS) is 10.4. The molecule has 1 heterocycles. The van der Waals surface area contributed by atoms with Crippen molar-refractivity contribution in [2.75, 3.05) is 18.5 Å². The zero-order valence-electron chi connectivity index (χ0n) is 12.0. The molecule has 0 atom stereocenters. The van der Waals surface area contributed by atoms with Crippen LogP contribution in [-0.2, 0) is 6.54 Å². The molecule has 6 heteroatoms. The predicted molar refractivity (Wildman–Crippen MR) is 81.2 cm³/mol. The van der Waals surface area contributed by atoms with Gasteiger partial charge < -0.3 is 10.4 Å². The van der Waals surface area contributed by atoms with E-state index in [1.165, 1.54) is 0 Å². The van der Waals surface area contributed by atoms with E-state index >= 15 is 0 Å². The van der Waals surface area contributed by atoms with Crippen LogP contribution in [0.4, 0.5) is 10.6 Å². The third-order valence-electron chi connectivity index (χ3n) is 2.94. The Labute approximate surface area is 123 Å². The Bertz CT molecular complexity index is 581. The van der Waals surface area contributed by atoms with Crippen molar-refractivity contribution in [3.63, 3.8) is 0 Å². The summed E-state index contributed by atoms with van der Waals surface area (Å²) in [5.74, 6) is 0.651. The Morgan fingerprint density at radius 3 is 2.81 bits per heavy atom. The first-order chi connectivity index (χ1) is 10.2. The maximum absolute atomic E-state index is 11.8. The van der Waals surface area contributed by atoms with Crippen molar-refractivity contribution >= 4 is 11.8 Å². The Morgan fingerprint density at radius 2 is 2.10 bits per heavy atom. The number of benzene rings is 1. The van der Waals surface area contributed by atoms with Crippen LogP contribution in [-0.4, -0.2) is 34.1 Å². The molecule has 0 aliphatic rings. The third-order valence-corrected chi connectivity index (χ3v) is 2.94. The number of nitrogens with one attached hydrogen (secondary N) is 2. The van der Waals surface area contributed by atoms with Crippen LogP contribution >= 0.6 is 0 Å². The van der Waals surface area contributed by atoms with E-state index in [0.29, 0.717) is 25.3 Å². The van der Waals surface area contributed by atoms with E-state index in [2.05, 4.69) is 15.7 Å². The number of carbonyl (C=O) groups is 1. The number of rotatable bonds is 6. The molecule has 2 aromatic rings. The highest BCUT2D eigenvalue weighted by molar-refractivity contribution is 5.88. The molecule has 1 aromatic carbocycles. The largest absolute Gasteiger partial charge is 0.396 e. The smallest absolute Gasteiger partial charge is 0.320 e. The minimum atomic E-state index is -0.294. The monoisotopic (exact) mass is 288 g/mol. The van der Waals surface area contributed by atoms with Crippen LogP contribution in [0.5, 0.6) is 0 Å². The summed E-state index contributed by atoms with van der Waals surface area (Å²) in [4.78, 5) is 11.8. The lowest BCUT2D eigenvalue weighted by Crippen LogP contribution is -2.30. The molecule has 112 valence electrons. The van der Waals surface area contributed by atoms with Crippen molar-refractivity contribution in [1.29, 1.82) is 0 Å². The number of aromatic nitrogens is 2. The number of carbonyl (C=O) groups excluding carboxylic acids is 1. The highest BCUT2D eigenvalue weighted by atomic mass is 16.3. The molecule has 0 bridgehead atoms. The summed E-state index contributed by atoms with van der Waals surface area (Å²) in [7, 11) is 0. The van der Waals surface area contributed by atoms with Gasteiger partial charge in [-0.05, 0) is 18.9 Å². The van der Waals surface area contributed by atoms with Crippen molar-refractivity contribution < 1.29 is 9.90 Å². The molecular formula is C15H20N4O2. The van der Waals surface area contributed by atoms with Crippen LogP contribution in [0.25, 0.3) is 0 Å². The average molecular weight is 288 g/mol. The first-order valence-electron chi connectivity index (χ1n) is 6.93. The Balaban J connectivity index is 2.01. The number of aliphatic hydroxyl groups is 1. The number of nitrogens with zero attached hydrogens (tertiary/aromatic N) is 2. The van der Waals surface area contributed by atoms with Crippen molar-refractivity contribution in [2.45, 2.75) is 19.9 Å². The Hall–Kier alpha value is -2.34. The second-order valence-electron chi connectivity index (χ2n) is 4.77. The van der Waals surface area contributed by atoms with Crippen LogP contribution in [0.1, 0.15) is 17.7 Å². The van der Waals surface area contributed by atoms with Crippen LogP contribution < -0.4 is 10.6 Å². The predicted octanol–water partition coefficient (Wildman–Crippen LogP) is 1.74. The summed E-state index contributed by atoms with van der Waals surface area (Å²) in [6, 6.07) is 11.5. The van der Waals surface area contributed by atoms with Gasteiger partial charge in [0, 0.05) is 19.2 Å². The summed E-state index contributed by atoms with van der Waals surface area (Å²) in [5.41, 5.74) is 1.96. The van der Waals surface area contributed by atoms with Gasteiger partial charge in [0.1, 0.15) is 5.82 Å². The third kappa shape index (κ3) is 4.61. The second kappa shape index (κ2) is 7.44. The van der Waals surface area contributed by atoms with Gasteiger partial charge in [-0.25, -0.2) is 9.48 Å². The maximum atomic E-state index is 11.8. The topological polar surface area (TPSA) is 79.2 Å². The Kier molecular flexibility index (Phi) is 5.34. The van der Waals surface area contributed by atoms with Crippen molar-refractivity contribution in [3.05, 3.63) is 47.7 Å². The average Bonchev–Trinajstić information content (AvgIpc) is 2.80. The van der Waals surface area contributed by atoms with Gasteiger partial charge >= 0.3 is 6.03 Å². The fourth-order valence-electron chi connectivity index (χ4n) is 1.96. The van der Waals surface area contributed by atoms with E-state index in [-0.39, 0.29) is 12.6 Å². The molecule has 6 nitrogen and oxygen atoms in total. The molecule has 0 unspecified atom stereocenters. The molecule has 0 aliphatic carbocycles. The summed E-state index contributed by atoms with van der Waals surface area (Å²) in [6.07, 6.45) is 0.537. The molecule has 0 spiro atoms. The first kappa shape index (κ1) is 15.1. The van der Waals surface area contributed by atoms with Crippen molar-refractivity contribution in [1.82, 2.24) is 15.1 Å². The molecule has 0 radical (unpaired) electrons. The van der Waals surface area contributed by atoms with Crippen LogP contribution in [0.2, 0.25) is 0 Å². The Morgan fingerprint density at radius 1 is 1.33 bits per heavy atom. The lowest BCUT2D eigenvalue weighted by Gasteiger charge is -2.10. The van der Waals surface area contributed by atoms with Gasteiger partial charge in [0.2, 0.25) is 0 Å². The number of aryl methyl sites for hydroxylation is 1. The fraction of sp³-hybridized carbons (Fsp3) is 0.333. The number of amides is 2. The molecule has 3 N–H and O–H groups in total. The molecule has 0 fully saturated rings. The maximum Gasteiger partial charge on any atom is 0.320 e. The minimum absolute atomic E-state index is 0.0608. The minimum Gasteiger partial charge on any atom is -0.396 e. The molecular weight excluding hydrogens is 268 g/mol. The van der Waals surface area contributed by atoms with Crippen LogP contribution in [0, 0.1) is 6.92 Å². The summed E-state index contributed by atoms with van der Waals surface area (Å²) in [6.45, 7) is 2.98. The summed E-state index contributed by atoms with van der Waals surface area (Å²) in [5, 5.41) is 18.5. The molecule has 0 saturated carbocycles. The van der Waals surface area contributed by atoms with Gasteiger partial charge in [-0.15, -0.1) is 0 Å². The van der Waals surface area contributed by atoms with Crippen molar-refractivity contribution in [3.8, 4) is 0 Å². The standard InChI is InChI=1S/C15H20N4O2/c1-12-10-14(17-15(21)16-8-5-9-20)19(18-12)11-13-6-3-2-4-7-13/h2-4,6-7,10,20H,5,8-9,11H2,1H3,(H2,16,17,21). The van der Waals surface area contributed by atoms with Gasteiger partial charge in [-0.1, -0.05) is 30.3 Å². The first-order valence-corrected chi connectivity index (χ1v) is 6.93. The molecule has 0 aliphatic heterocycles. The molecule has 21 heavy (non-hydrogen) atoms. The second-order valence-corrected chi connectivity index (χ2v) is 4.77. The van der Waals surface area contributed by atoms with Gasteiger partial charge in [0.25, 0.3) is 0 Å². The zero-order valence-corrected chi connectivity index (χ0v) is 12.0. The lowest BCUT2D eigenvalue weighted by atomic mass is 10.2. The van der Waals surface area contributed by atoms with E-state index in [1.807, 2.05) is 43.3 Å². The number of aliphatic hydroxyl groups excluding tert-OH is 1. The quantitative estimate of drug-likeness (QED) is 0.708. The van der Waals surface area contributed by atoms with Crippen molar-refractivity contribution in [2.24, 2.45) is 0 Å². The van der Waals surface area contributed by atoms with Gasteiger partial charge in [0.15, 0.2) is 0 Å². The summed E-state index contributed by atoms with van der Waals surface area (Å²) >= 11 is 0. The molecule has 2 rings (SSSR count). The van der Waals surface area contributed by atoms with Gasteiger partial charge in [0.05, 0.1) is 12.2 Å². The van der Waals surface area contributed by atoms with E-state index in [0.717, 1.165) is 11.3 Å². The SMILES string of the molecule is Cc1cc(NC(=O)NCCCO)n(Cc2ccccc2)n1. The fourth-order valence-corrected chi connectivity index (χ4v) is 1.96. The number of hydrogen-bond acceptors (Lipinski definition) is 3. The van der Waals surface area contributed by atoms with E-state index in [9.17, 15) is 4.79 Å². The van der Waals surface area contributed by atoms with E-state index in [4.69, 9.17) is 5.11 Å². The van der Waals surface area contributed by atoms with Gasteiger partial charge in [-0.3, -0.25) is 5.32 Å². The van der Waals surface area contributed by atoms with E-state index in [1.54, 1.807) is 4.68 Å².